The summed E-state index contributed by atoms with van der Waals surface area (Å²) in [5, 5.41) is 0. The van der Waals surface area contributed by atoms with Crippen LogP contribution in [0.15, 0.2) is 0 Å². The molecule has 0 radical (unpaired) electrons. The zero-order valence-electron chi connectivity index (χ0n) is 11.0. The van der Waals surface area contributed by atoms with Gasteiger partial charge in [-0.1, -0.05) is 0 Å². The molecule has 102 valence electrons. The number of esters is 1. The highest BCUT2D eigenvalue weighted by Gasteiger charge is 2.46. The van der Waals surface area contributed by atoms with Gasteiger partial charge in [-0.2, -0.15) is 0 Å². The Balaban J connectivity index is 2.07. The fourth-order valence-corrected chi connectivity index (χ4v) is 2.72. The number of hydrogen-bond acceptors (Lipinski definition) is 4. The second-order valence-electron chi connectivity index (χ2n) is 5.27. The number of carbonyl (C=O) groups excluding carboxylic acids is 2. The molecule has 2 aliphatic rings. The molecule has 1 aliphatic carbocycles. The molecule has 0 aromatic rings. The molecule has 1 amide bonds. The lowest BCUT2D eigenvalue weighted by atomic mass is 9.76. The van der Waals surface area contributed by atoms with E-state index in [1.54, 1.807) is 11.8 Å². The Morgan fingerprint density at radius 1 is 1.33 bits per heavy atom. The van der Waals surface area contributed by atoms with E-state index in [9.17, 15) is 9.59 Å². The third kappa shape index (κ3) is 2.36. The summed E-state index contributed by atoms with van der Waals surface area (Å²) < 4.78 is 5.05. The maximum Gasteiger partial charge on any atom is 0.328 e. The predicted molar refractivity (Wildman–Crippen MR) is 66.8 cm³/mol. The number of hydrogen-bond donors (Lipinski definition) is 1. The molecule has 0 bridgehead atoms. The summed E-state index contributed by atoms with van der Waals surface area (Å²) in [5.74, 6) is -0.347. The summed E-state index contributed by atoms with van der Waals surface area (Å²) >= 11 is 0. The van der Waals surface area contributed by atoms with E-state index in [1.165, 1.54) is 0 Å². The molecular weight excluding hydrogens is 232 g/mol. The van der Waals surface area contributed by atoms with Gasteiger partial charge in [-0.05, 0) is 45.4 Å². The average Bonchev–Trinajstić information content (AvgIpc) is 2.35. The van der Waals surface area contributed by atoms with Crippen LogP contribution in [-0.4, -0.2) is 41.5 Å². The molecule has 0 aromatic heterocycles. The Hall–Kier alpha value is -1.10. The molecule has 5 heteroatoms. The van der Waals surface area contributed by atoms with E-state index in [0.717, 1.165) is 32.1 Å². The van der Waals surface area contributed by atoms with Crippen molar-refractivity contribution in [2.24, 2.45) is 5.73 Å². The van der Waals surface area contributed by atoms with Crippen molar-refractivity contribution in [3.05, 3.63) is 0 Å². The van der Waals surface area contributed by atoms with Crippen molar-refractivity contribution in [2.45, 2.75) is 57.0 Å². The summed E-state index contributed by atoms with van der Waals surface area (Å²) in [7, 11) is 0. The lowest BCUT2D eigenvalue weighted by molar-refractivity contribution is -0.160. The number of amides is 1. The van der Waals surface area contributed by atoms with Crippen molar-refractivity contribution < 1.29 is 14.3 Å². The van der Waals surface area contributed by atoms with Crippen LogP contribution in [0.2, 0.25) is 0 Å². The SMILES string of the molecule is CCOC(=O)C1CCCCN1C(=O)C1(N)CCC1. The van der Waals surface area contributed by atoms with E-state index in [4.69, 9.17) is 10.5 Å². The van der Waals surface area contributed by atoms with Crippen molar-refractivity contribution in [3.63, 3.8) is 0 Å². The van der Waals surface area contributed by atoms with Crippen LogP contribution in [0.4, 0.5) is 0 Å². The standard InChI is InChI=1S/C13H22N2O3/c1-2-18-11(16)10-6-3-4-9-15(10)12(17)13(14)7-5-8-13/h10H,2-9,14H2,1H3. The van der Waals surface area contributed by atoms with Gasteiger partial charge in [0.05, 0.1) is 12.1 Å². The van der Waals surface area contributed by atoms with Gasteiger partial charge in [-0.3, -0.25) is 4.79 Å². The predicted octanol–water partition coefficient (Wildman–Crippen LogP) is 0.812. The van der Waals surface area contributed by atoms with Crippen LogP contribution in [-0.2, 0) is 14.3 Å². The number of piperidine rings is 1. The second-order valence-corrected chi connectivity index (χ2v) is 5.27. The molecule has 18 heavy (non-hydrogen) atoms. The Kier molecular flexibility index (Phi) is 3.90. The van der Waals surface area contributed by atoms with Crippen LogP contribution in [0.3, 0.4) is 0 Å². The molecule has 1 heterocycles. The largest absolute Gasteiger partial charge is 0.464 e. The normalized spacial score (nSPS) is 26.3. The highest BCUT2D eigenvalue weighted by atomic mass is 16.5. The van der Waals surface area contributed by atoms with E-state index in [-0.39, 0.29) is 11.9 Å². The molecule has 0 aromatic carbocycles. The van der Waals surface area contributed by atoms with Crippen LogP contribution >= 0.6 is 0 Å². The fourth-order valence-electron chi connectivity index (χ4n) is 2.72. The molecule has 2 N–H and O–H groups in total. The van der Waals surface area contributed by atoms with E-state index < -0.39 is 11.6 Å². The first kappa shape index (κ1) is 13.3. The van der Waals surface area contributed by atoms with Gasteiger partial charge in [0.2, 0.25) is 5.91 Å². The Morgan fingerprint density at radius 3 is 2.61 bits per heavy atom. The fraction of sp³-hybridized carbons (Fsp3) is 0.846. The van der Waals surface area contributed by atoms with Crippen LogP contribution in [0.5, 0.6) is 0 Å². The van der Waals surface area contributed by atoms with Crippen molar-refractivity contribution in [1.29, 1.82) is 0 Å². The van der Waals surface area contributed by atoms with Crippen molar-refractivity contribution in [1.82, 2.24) is 4.90 Å². The molecule has 2 fully saturated rings. The van der Waals surface area contributed by atoms with Gasteiger partial charge in [-0.25, -0.2) is 4.79 Å². The number of nitrogens with two attached hydrogens (primary N) is 1. The number of carbonyl (C=O) groups is 2. The monoisotopic (exact) mass is 254 g/mol. The third-order valence-corrected chi connectivity index (χ3v) is 3.99. The summed E-state index contributed by atoms with van der Waals surface area (Å²) in [6.07, 6.45) is 5.07. The first-order valence-electron chi connectivity index (χ1n) is 6.85. The summed E-state index contributed by atoms with van der Waals surface area (Å²) in [5.41, 5.74) is 5.35. The van der Waals surface area contributed by atoms with E-state index in [1.807, 2.05) is 0 Å². The van der Waals surface area contributed by atoms with Gasteiger partial charge in [0, 0.05) is 6.54 Å². The number of likely N-dealkylation sites (tertiary alicyclic amines) is 1. The van der Waals surface area contributed by atoms with Crippen LogP contribution in [0, 0.1) is 0 Å². The minimum atomic E-state index is -0.720. The molecule has 5 nitrogen and oxygen atoms in total. The molecule has 1 aliphatic heterocycles. The molecule has 1 saturated heterocycles. The molecule has 2 rings (SSSR count). The zero-order valence-corrected chi connectivity index (χ0v) is 11.0. The van der Waals surface area contributed by atoms with E-state index in [0.29, 0.717) is 19.6 Å². The maximum absolute atomic E-state index is 12.4. The maximum atomic E-state index is 12.4. The van der Waals surface area contributed by atoms with Crippen LogP contribution in [0.1, 0.15) is 45.4 Å². The van der Waals surface area contributed by atoms with Gasteiger partial charge >= 0.3 is 5.97 Å². The van der Waals surface area contributed by atoms with E-state index in [2.05, 4.69) is 0 Å². The summed E-state index contributed by atoms with van der Waals surface area (Å²) in [6.45, 7) is 2.76. The minimum absolute atomic E-state index is 0.0634. The lowest BCUT2D eigenvalue weighted by Crippen LogP contribution is -2.63. The molecule has 1 unspecified atom stereocenters. The molecule has 0 spiro atoms. The number of ether oxygens (including phenoxy) is 1. The first-order chi connectivity index (χ1) is 8.58. The molecular formula is C13H22N2O3. The summed E-state index contributed by atoms with van der Waals surface area (Å²) in [4.78, 5) is 26.0. The Bertz CT molecular complexity index is 339. The third-order valence-electron chi connectivity index (χ3n) is 3.99. The quantitative estimate of drug-likeness (QED) is 0.756. The minimum Gasteiger partial charge on any atom is -0.464 e. The highest BCUT2D eigenvalue weighted by Crippen LogP contribution is 2.33. The average molecular weight is 254 g/mol. The Morgan fingerprint density at radius 2 is 2.06 bits per heavy atom. The number of nitrogens with zero attached hydrogens (tertiary/aromatic N) is 1. The zero-order chi connectivity index (χ0) is 13.2. The molecule has 1 saturated carbocycles. The number of rotatable bonds is 3. The van der Waals surface area contributed by atoms with Gasteiger partial charge in [0.1, 0.15) is 6.04 Å². The smallest absolute Gasteiger partial charge is 0.328 e. The van der Waals surface area contributed by atoms with Crippen LogP contribution < -0.4 is 5.73 Å². The van der Waals surface area contributed by atoms with Crippen molar-refractivity contribution >= 4 is 11.9 Å². The summed E-state index contributed by atoms with van der Waals surface area (Å²) in [6, 6.07) is -0.424. The van der Waals surface area contributed by atoms with E-state index >= 15 is 0 Å². The topological polar surface area (TPSA) is 72.6 Å². The first-order valence-corrected chi connectivity index (χ1v) is 6.85. The van der Waals surface area contributed by atoms with Crippen molar-refractivity contribution in [2.75, 3.05) is 13.2 Å². The van der Waals surface area contributed by atoms with Crippen molar-refractivity contribution in [3.8, 4) is 0 Å². The van der Waals surface area contributed by atoms with Gasteiger partial charge in [0.15, 0.2) is 0 Å². The van der Waals surface area contributed by atoms with Gasteiger partial charge in [-0.15, -0.1) is 0 Å². The van der Waals surface area contributed by atoms with Gasteiger partial charge < -0.3 is 15.4 Å². The van der Waals surface area contributed by atoms with Crippen LogP contribution in [0.25, 0.3) is 0 Å². The highest BCUT2D eigenvalue weighted by molar-refractivity contribution is 5.91. The second kappa shape index (κ2) is 5.26. The Labute approximate surface area is 108 Å². The molecule has 1 atom stereocenters. The lowest BCUT2D eigenvalue weighted by Gasteiger charge is -2.44. The van der Waals surface area contributed by atoms with Gasteiger partial charge in [0.25, 0.3) is 0 Å².